The molecule has 0 radical (unpaired) electrons. The summed E-state index contributed by atoms with van der Waals surface area (Å²) in [6.45, 7) is -1.07. The van der Waals surface area contributed by atoms with Crippen LogP contribution >= 0.6 is 0 Å². The van der Waals surface area contributed by atoms with Crippen LogP contribution < -0.4 is 24.3 Å². The normalized spacial score (nSPS) is 24.5. The molecule has 33 heavy (non-hydrogen) atoms. The average Bonchev–Trinajstić information content (AvgIpc) is 3.44. The van der Waals surface area contributed by atoms with Crippen molar-refractivity contribution in [3.8, 4) is 28.7 Å². The Kier molecular flexibility index (Phi) is 5.15. The van der Waals surface area contributed by atoms with Crippen molar-refractivity contribution in [2.24, 2.45) is 11.8 Å². The number of alkyl halides is 1. The number of carbonyl (C=O) groups excluding carboxylic acids is 2. The van der Waals surface area contributed by atoms with Crippen LogP contribution in [0.25, 0.3) is 0 Å². The van der Waals surface area contributed by atoms with Gasteiger partial charge in [-0.25, -0.2) is 4.39 Å². The third kappa shape index (κ3) is 3.28. The summed E-state index contributed by atoms with van der Waals surface area (Å²) in [5.74, 6) is -1.68. The van der Waals surface area contributed by atoms with E-state index in [0.717, 1.165) is 0 Å². The highest BCUT2D eigenvalue weighted by Gasteiger charge is 2.53. The maximum Gasteiger partial charge on any atom is 0.310 e. The molecule has 9 nitrogen and oxygen atoms in total. The number of esters is 1. The molecule has 5 rings (SSSR count). The van der Waals surface area contributed by atoms with Gasteiger partial charge in [-0.3, -0.25) is 9.59 Å². The Morgan fingerprint density at radius 1 is 1.09 bits per heavy atom. The van der Waals surface area contributed by atoms with E-state index in [4.69, 9.17) is 23.7 Å². The van der Waals surface area contributed by atoms with E-state index in [1.54, 1.807) is 24.3 Å². The molecule has 2 heterocycles. The Morgan fingerprint density at radius 2 is 1.73 bits per heavy atom. The predicted octanol–water partition coefficient (Wildman–Crippen LogP) is 2.20. The number of hydrogen-bond acceptors (Lipinski definition) is 8. The van der Waals surface area contributed by atoms with Crippen LogP contribution in [0.15, 0.2) is 24.3 Å². The van der Waals surface area contributed by atoms with E-state index in [0.29, 0.717) is 28.2 Å². The number of ether oxygens (including phenoxy) is 5. The number of fused-ring (bicyclic) bond motifs is 3. The molecule has 3 aliphatic rings. The summed E-state index contributed by atoms with van der Waals surface area (Å²) >= 11 is 0. The molecular formula is C23H22FNO8. The summed E-state index contributed by atoms with van der Waals surface area (Å²) in [7, 11) is 2.83. The van der Waals surface area contributed by atoms with Gasteiger partial charge in [0.15, 0.2) is 29.7 Å². The summed E-state index contributed by atoms with van der Waals surface area (Å²) in [6, 6.07) is 6.14. The molecule has 4 atom stereocenters. The van der Waals surface area contributed by atoms with Gasteiger partial charge < -0.3 is 34.1 Å². The topological polar surface area (TPSA) is 113 Å². The van der Waals surface area contributed by atoms with E-state index in [2.05, 4.69) is 5.32 Å². The highest BCUT2D eigenvalue weighted by Crippen LogP contribution is 2.55. The Morgan fingerprint density at radius 3 is 2.33 bits per heavy atom. The second-order valence-electron chi connectivity index (χ2n) is 8.08. The lowest BCUT2D eigenvalue weighted by atomic mass is 9.65. The van der Waals surface area contributed by atoms with Gasteiger partial charge in [0.2, 0.25) is 12.5 Å². The molecule has 0 unspecified atom stereocenters. The molecule has 0 bridgehead atoms. The van der Waals surface area contributed by atoms with Crippen LogP contribution in [0.5, 0.6) is 28.7 Å². The Bertz CT molecular complexity index is 1110. The zero-order valence-corrected chi connectivity index (χ0v) is 17.9. The molecule has 2 aliphatic heterocycles. The maximum absolute atomic E-state index is 13.1. The molecule has 2 aromatic rings. The smallest absolute Gasteiger partial charge is 0.310 e. The van der Waals surface area contributed by atoms with Crippen molar-refractivity contribution in [2.75, 3.05) is 34.3 Å². The molecule has 0 spiro atoms. The van der Waals surface area contributed by atoms with Crippen LogP contribution in [-0.2, 0) is 14.3 Å². The van der Waals surface area contributed by atoms with Crippen LogP contribution in [-0.4, -0.2) is 51.3 Å². The second kappa shape index (κ2) is 8.02. The first-order valence-corrected chi connectivity index (χ1v) is 10.4. The minimum absolute atomic E-state index is 0.0418. The number of rotatable bonds is 5. The van der Waals surface area contributed by atoms with E-state index in [1.165, 1.54) is 14.2 Å². The van der Waals surface area contributed by atoms with Gasteiger partial charge in [-0.05, 0) is 41.0 Å². The summed E-state index contributed by atoms with van der Waals surface area (Å²) in [4.78, 5) is 25.0. The van der Waals surface area contributed by atoms with Gasteiger partial charge >= 0.3 is 5.97 Å². The summed E-state index contributed by atoms with van der Waals surface area (Å²) in [6.07, 6.45) is 0. The number of methoxy groups -OCH3 is 2. The molecule has 2 N–H and O–H groups in total. The number of benzene rings is 2. The summed E-state index contributed by atoms with van der Waals surface area (Å²) < 4.78 is 40.2. The molecule has 2 aromatic carbocycles. The zero-order valence-electron chi connectivity index (χ0n) is 17.9. The number of cyclic esters (lactones) is 1. The minimum atomic E-state index is -1.18. The summed E-state index contributed by atoms with van der Waals surface area (Å²) in [5.41, 5.74) is 2.01. The molecule has 1 amide bonds. The van der Waals surface area contributed by atoms with Crippen LogP contribution in [0.3, 0.4) is 0 Å². The monoisotopic (exact) mass is 459 g/mol. The van der Waals surface area contributed by atoms with Crippen molar-refractivity contribution in [3.63, 3.8) is 0 Å². The minimum Gasteiger partial charge on any atom is -0.502 e. The fourth-order valence-corrected chi connectivity index (χ4v) is 5.05. The molecule has 10 heteroatoms. The van der Waals surface area contributed by atoms with E-state index in [9.17, 15) is 19.1 Å². The molecule has 174 valence electrons. The lowest BCUT2D eigenvalue weighted by Crippen LogP contribution is -2.43. The largest absolute Gasteiger partial charge is 0.502 e. The molecule has 1 saturated heterocycles. The van der Waals surface area contributed by atoms with Gasteiger partial charge in [0.05, 0.1) is 32.8 Å². The Labute approximate surface area is 188 Å². The third-order valence-corrected chi connectivity index (χ3v) is 6.49. The van der Waals surface area contributed by atoms with E-state index < -0.39 is 42.3 Å². The van der Waals surface area contributed by atoms with Gasteiger partial charge in [0.25, 0.3) is 5.91 Å². The van der Waals surface area contributed by atoms with Crippen molar-refractivity contribution >= 4 is 11.9 Å². The van der Waals surface area contributed by atoms with Crippen molar-refractivity contribution < 1.29 is 42.8 Å². The van der Waals surface area contributed by atoms with Gasteiger partial charge in [-0.2, -0.15) is 0 Å². The number of phenolic OH excluding ortho intramolecular Hbond substituents is 1. The SMILES string of the molecule is COc1cc([C@@H]2c3cc4c(cc3[C@@H](NC(=O)CF)[C@H]3COC(=O)[C@H]23)OCO4)cc(OC)c1O. The molecular weight excluding hydrogens is 437 g/mol. The number of aromatic hydroxyl groups is 1. The van der Waals surface area contributed by atoms with E-state index in [1.807, 2.05) is 0 Å². The van der Waals surface area contributed by atoms with Crippen molar-refractivity contribution in [3.05, 3.63) is 41.0 Å². The fourth-order valence-electron chi connectivity index (χ4n) is 5.05. The van der Waals surface area contributed by atoms with Crippen LogP contribution in [0.4, 0.5) is 4.39 Å². The molecule has 0 saturated carbocycles. The Balaban J connectivity index is 1.74. The van der Waals surface area contributed by atoms with Crippen molar-refractivity contribution in [1.29, 1.82) is 0 Å². The van der Waals surface area contributed by atoms with Crippen molar-refractivity contribution in [1.82, 2.24) is 5.32 Å². The molecule has 0 aromatic heterocycles. The quantitative estimate of drug-likeness (QED) is 0.655. The third-order valence-electron chi connectivity index (χ3n) is 6.49. The van der Waals surface area contributed by atoms with Crippen LogP contribution in [0, 0.1) is 11.8 Å². The highest BCUT2D eigenvalue weighted by molar-refractivity contribution is 5.81. The lowest BCUT2D eigenvalue weighted by Gasteiger charge is -2.39. The van der Waals surface area contributed by atoms with E-state index >= 15 is 0 Å². The highest BCUT2D eigenvalue weighted by atomic mass is 19.1. The number of hydrogen-bond donors (Lipinski definition) is 2. The van der Waals surface area contributed by atoms with Crippen molar-refractivity contribution in [2.45, 2.75) is 12.0 Å². The molecule has 1 fully saturated rings. The number of carbonyl (C=O) groups is 2. The maximum atomic E-state index is 13.1. The predicted molar refractivity (Wildman–Crippen MR) is 110 cm³/mol. The lowest BCUT2D eigenvalue weighted by molar-refractivity contribution is -0.141. The first kappa shape index (κ1) is 21.2. The van der Waals surface area contributed by atoms with Gasteiger partial charge in [-0.15, -0.1) is 0 Å². The second-order valence-corrected chi connectivity index (χ2v) is 8.08. The fraction of sp³-hybridized carbons (Fsp3) is 0.391. The standard InChI is InChI=1S/C23H22FNO8/c1-29-16-3-10(4-17(30-2)22(16)27)19-11-5-14-15(33-9-32-14)6-12(11)21(25-18(26)7-24)13-8-31-23(28)20(13)19/h3-6,13,19-21,27H,7-9H2,1-2H3,(H,25,26)/t13-,19+,20-,21+/m0/s1. The van der Waals surface area contributed by atoms with Crippen LogP contribution in [0.2, 0.25) is 0 Å². The Hall–Kier alpha value is -3.69. The van der Waals surface area contributed by atoms with Gasteiger partial charge in [0, 0.05) is 11.8 Å². The average molecular weight is 459 g/mol. The first-order valence-electron chi connectivity index (χ1n) is 10.4. The number of halogens is 1. The molecule has 1 aliphatic carbocycles. The van der Waals surface area contributed by atoms with Gasteiger partial charge in [-0.1, -0.05) is 0 Å². The first-order chi connectivity index (χ1) is 16.0. The zero-order chi connectivity index (χ0) is 23.3. The summed E-state index contributed by atoms with van der Waals surface area (Å²) in [5, 5.41) is 13.1. The van der Waals surface area contributed by atoms with E-state index in [-0.39, 0.29) is 30.6 Å². The number of phenols is 1. The number of nitrogens with one attached hydrogen (secondary N) is 1. The van der Waals surface area contributed by atoms with Gasteiger partial charge in [0.1, 0.15) is 0 Å². The number of amides is 1. The van der Waals surface area contributed by atoms with Crippen LogP contribution in [0.1, 0.15) is 28.7 Å².